The number of rotatable bonds is 2. The zero-order chi connectivity index (χ0) is 14.2. The van der Waals surface area contributed by atoms with E-state index in [9.17, 15) is 0 Å². The third kappa shape index (κ3) is 2.17. The molecule has 0 spiro atoms. The molecule has 4 rings (SSSR count). The molecular weight excluding hydrogens is 282 g/mol. The largest absolute Gasteiger partial charge is 0.366 e. The Morgan fingerprint density at radius 1 is 1.19 bits per heavy atom. The first kappa shape index (κ1) is 12.4. The number of nitrogens with two attached hydrogens (primary N) is 1. The predicted molar refractivity (Wildman–Crippen MR) is 84.3 cm³/mol. The summed E-state index contributed by atoms with van der Waals surface area (Å²) in [6, 6.07) is 15.0. The van der Waals surface area contributed by atoms with Crippen LogP contribution in [0, 0.1) is 0 Å². The average molecular weight is 297 g/mol. The Morgan fingerprint density at radius 3 is 2.81 bits per heavy atom. The van der Waals surface area contributed by atoms with Gasteiger partial charge in [-0.05, 0) is 23.4 Å². The summed E-state index contributed by atoms with van der Waals surface area (Å²) in [6.45, 7) is 0. The van der Waals surface area contributed by atoms with Crippen molar-refractivity contribution in [1.29, 1.82) is 0 Å². The Bertz CT molecular complexity index is 735. The van der Waals surface area contributed by atoms with E-state index in [1.807, 2.05) is 10.7 Å². The summed E-state index contributed by atoms with van der Waals surface area (Å²) in [5, 5.41) is 9.88. The van der Waals surface area contributed by atoms with Gasteiger partial charge in [-0.15, -0.1) is 16.4 Å². The number of hydrogen-bond donors (Lipinski definition) is 2. The molecule has 106 valence electrons. The minimum atomic E-state index is 0.177. The summed E-state index contributed by atoms with van der Waals surface area (Å²) < 4.78 is 1.90. The van der Waals surface area contributed by atoms with E-state index >= 15 is 0 Å². The normalized spacial score (nSPS) is 20.8. The lowest BCUT2D eigenvalue weighted by Gasteiger charge is -2.30. The van der Waals surface area contributed by atoms with Crippen LogP contribution >= 0.6 is 11.3 Å². The molecule has 5 nitrogen and oxygen atoms in total. The van der Waals surface area contributed by atoms with Crippen molar-refractivity contribution in [3.63, 3.8) is 0 Å². The number of nitrogens with one attached hydrogen (secondary N) is 1. The van der Waals surface area contributed by atoms with Crippen LogP contribution < -0.4 is 11.1 Å². The first-order chi connectivity index (χ1) is 10.3. The van der Waals surface area contributed by atoms with Crippen LogP contribution in [0.3, 0.4) is 0 Å². The predicted octanol–water partition coefficient (Wildman–Crippen LogP) is 3.07. The SMILES string of the molecule is Nc1nc2n(n1)[C@H](c1cccs1)C[C@@H](c1ccccc1)N2. The van der Waals surface area contributed by atoms with E-state index in [0.29, 0.717) is 5.95 Å². The number of benzene rings is 1. The summed E-state index contributed by atoms with van der Waals surface area (Å²) in [5.41, 5.74) is 7.03. The molecule has 0 radical (unpaired) electrons. The van der Waals surface area contributed by atoms with E-state index in [2.05, 4.69) is 57.2 Å². The van der Waals surface area contributed by atoms with Crippen molar-refractivity contribution in [2.24, 2.45) is 0 Å². The lowest BCUT2D eigenvalue weighted by atomic mass is 9.97. The fourth-order valence-corrected chi connectivity index (χ4v) is 3.64. The number of aromatic nitrogens is 3. The van der Waals surface area contributed by atoms with Crippen molar-refractivity contribution < 1.29 is 0 Å². The van der Waals surface area contributed by atoms with Crippen LogP contribution in [0.25, 0.3) is 0 Å². The summed E-state index contributed by atoms with van der Waals surface area (Å²) >= 11 is 1.74. The summed E-state index contributed by atoms with van der Waals surface area (Å²) in [4.78, 5) is 5.59. The highest BCUT2D eigenvalue weighted by atomic mass is 32.1. The zero-order valence-electron chi connectivity index (χ0n) is 11.3. The van der Waals surface area contributed by atoms with Gasteiger partial charge < -0.3 is 11.1 Å². The van der Waals surface area contributed by atoms with Crippen LogP contribution in [0.4, 0.5) is 11.9 Å². The fourth-order valence-electron chi connectivity index (χ4n) is 2.82. The van der Waals surface area contributed by atoms with Crippen LogP contribution in [-0.2, 0) is 0 Å². The topological polar surface area (TPSA) is 68.8 Å². The molecular formula is C15H15N5S. The number of anilines is 2. The molecule has 2 aromatic heterocycles. The van der Waals surface area contributed by atoms with Gasteiger partial charge in [0.2, 0.25) is 11.9 Å². The molecule has 1 aromatic carbocycles. The van der Waals surface area contributed by atoms with E-state index in [4.69, 9.17) is 5.73 Å². The number of hydrogen-bond acceptors (Lipinski definition) is 5. The number of thiophene rings is 1. The molecule has 1 aliphatic rings. The lowest BCUT2D eigenvalue weighted by molar-refractivity contribution is 0.437. The molecule has 21 heavy (non-hydrogen) atoms. The second kappa shape index (κ2) is 4.89. The Kier molecular flexibility index (Phi) is 2.89. The molecule has 0 saturated heterocycles. The van der Waals surface area contributed by atoms with Crippen molar-refractivity contribution in [2.75, 3.05) is 11.1 Å². The van der Waals surface area contributed by atoms with Crippen LogP contribution in [-0.4, -0.2) is 14.8 Å². The van der Waals surface area contributed by atoms with Crippen LogP contribution in [0.5, 0.6) is 0 Å². The van der Waals surface area contributed by atoms with Gasteiger partial charge in [-0.2, -0.15) is 4.98 Å². The summed E-state index contributed by atoms with van der Waals surface area (Å²) in [7, 11) is 0. The molecule has 6 heteroatoms. The molecule has 0 saturated carbocycles. The molecule has 0 bridgehead atoms. The van der Waals surface area contributed by atoms with Crippen molar-refractivity contribution >= 4 is 23.2 Å². The van der Waals surface area contributed by atoms with Crippen LogP contribution in [0.2, 0.25) is 0 Å². The fraction of sp³-hybridized carbons (Fsp3) is 0.200. The summed E-state index contributed by atoms with van der Waals surface area (Å²) in [5.74, 6) is 1.05. The van der Waals surface area contributed by atoms with E-state index in [0.717, 1.165) is 12.4 Å². The minimum Gasteiger partial charge on any atom is -0.366 e. The quantitative estimate of drug-likeness (QED) is 0.762. The molecule has 0 amide bonds. The van der Waals surface area contributed by atoms with Gasteiger partial charge in [-0.1, -0.05) is 36.4 Å². The van der Waals surface area contributed by atoms with Gasteiger partial charge in [-0.25, -0.2) is 4.68 Å². The van der Waals surface area contributed by atoms with Gasteiger partial charge in [0.05, 0.1) is 12.1 Å². The third-order valence-corrected chi connectivity index (χ3v) is 4.75. The van der Waals surface area contributed by atoms with Gasteiger partial charge in [0.1, 0.15) is 0 Å². The standard InChI is InChI=1S/C15H15N5S/c16-14-18-15-17-11(10-5-2-1-3-6-10)9-12(20(15)19-14)13-7-4-8-21-13/h1-8,11-12H,9H2,(H3,16,17,18,19)/t11-,12-/m0/s1. The molecule has 1 aliphatic heterocycles. The molecule has 0 fully saturated rings. The second-order valence-corrected chi connectivity index (χ2v) is 6.09. The van der Waals surface area contributed by atoms with Crippen molar-refractivity contribution in [2.45, 2.75) is 18.5 Å². The highest BCUT2D eigenvalue weighted by Crippen LogP contribution is 2.39. The first-order valence-corrected chi connectivity index (χ1v) is 7.76. The number of nitrogen functional groups attached to an aromatic ring is 1. The average Bonchev–Trinajstić information content (AvgIpc) is 3.15. The Balaban J connectivity index is 1.76. The van der Waals surface area contributed by atoms with Crippen molar-refractivity contribution in [1.82, 2.24) is 14.8 Å². The maximum atomic E-state index is 5.78. The Labute approximate surface area is 126 Å². The van der Waals surface area contributed by atoms with Gasteiger partial charge in [-0.3, -0.25) is 0 Å². The van der Waals surface area contributed by atoms with Crippen molar-refractivity contribution in [3.05, 3.63) is 58.3 Å². The molecule has 3 N–H and O–H groups in total. The Hall–Kier alpha value is -2.34. The molecule has 3 heterocycles. The highest BCUT2D eigenvalue weighted by molar-refractivity contribution is 7.10. The molecule has 3 aromatic rings. The van der Waals surface area contributed by atoms with Crippen molar-refractivity contribution in [3.8, 4) is 0 Å². The lowest BCUT2D eigenvalue weighted by Crippen LogP contribution is -2.27. The maximum absolute atomic E-state index is 5.78. The molecule has 0 unspecified atom stereocenters. The van der Waals surface area contributed by atoms with E-state index in [1.54, 1.807) is 11.3 Å². The van der Waals surface area contributed by atoms with E-state index < -0.39 is 0 Å². The highest BCUT2D eigenvalue weighted by Gasteiger charge is 2.31. The minimum absolute atomic E-state index is 0.177. The number of fused-ring (bicyclic) bond motifs is 1. The summed E-state index contributed by atoms with van der Waals surface area (Å²) in [6.07, 6.45) is 0.931. The zero-order valence-corrected chi connectivity index (χ0v) is 12.1. The first-order valence-electron chi connectivity index (χ1n) is 6.88. The monoisotopic (exact) mass is 297 g/mol. The van der Waals surface area contributed by atoms with Gasteiger partial charge in [0, 0.05) is 4.88 Å². The smallest absolute Gasteiger partial charge is 0.241 e. The van der Waals surface area contributed by atoms with Gasteiger partial charge in [0.25, 0.3) is 0 Å². The Morgan fingerprint density at radius 2 is 2.05 bits per heavy atom. The number of nitrogens with zero attached hydrogens (tertiary/aromatic N) is 3. The van der Waals surface area contributed by atoms with Gasteiger partial charge in [0.15, 0.2) is 0 Å². The maximum Gasteiger partial charge on any atom is 0.241 e. The molecule has 2 atom stereocenters. The van der Waals surface area contributed by atoms with Crippen LogP contribution in [0.1, 0.15) is 28.9 Å². The van der Waals surface area contributed by atoms with Gasteiger partial charge >= 0.3 is 0 Å². The van der Waals surface area contributed by atoms with E-state index in [1.165, 1.54) is 10.4 Å². The third-order valence-electron chi connectivity index (χ3n) is 3.78. The van der Waals surface area contributed by atoms with Crippen LogP contribution in [0.15, 0.2) is 47.8 Å². The molecule has 0 aliphatic carbocycles. The van der Waals surface area contributed by atoms with E-state index in [-0.39, 0.29) is 12.1 Å². The second-order valence-electron chi connectivity index (χ2n) is 5.11.